The van der Waals surface area contributed by atoms with Gasteiger partial charge in [0.25, 0.3) is 0 Å². The van der Waals surface area contributed by atoms with Crippen LogP contribution in [0.3, 0.4) is 0 Å². The van der Waals surface area contributed by atoms with Crippen LogP contribution in [-0.4, -0.2) is 34.9 Å². The zero-order valence-electron chi connectivity index (χ0n) is 22.4. The molecule has 0 amide bonds. The summed E-state index contributed by atoms with van der Waals surface area (Å²) in [5.74, 6) is 2.30. The SMILES string of the molecule is CCOC(=O)/C([O-])=C\C#N.CCOC(=O)c1cc(N)n(Cc2ccccc2F)n1.NNCc1ccccc1F.[Na+]. The summed E-state index contributed by atoms with van der Waals surface area (Å²) in [4.78, 5) is 21.9. The third-order valence-corrected chi connectivity index (χ3v) is 4.50. The normalized spacial score (nSPS) is 9.95. The second-order valence-electron chi connectivity index (χ2n) is 7.25. The van der Waals surface area contributed by atoms with Crippen LogP contribution < -0.4 is 51.7 Å². The quantitative estimate of drug-likeness (QED) is 0.0578. The van der Waals surface area contributed by atoms with E-state index in [0.717, 1.165) is 0 Å². The number of benzene rings is 2. The third kappa shape index (κ3) is 12.8. The standard InChI is InChI=1S/C13H14FN3O2.C7H9FN2.C6H7NO3.Na/c1-2-19-13(18)11-7-12(15)17(16-11)8-9-5-3-4-6-10(9)14;8-7-4-2-1-3-6(7)5-10-9;1-2-10-6(9)5(8)3-4-7;/h3-7H,2,8,15H2,1H3;1-4,10H,5,9H2;3,8H,2H2,1H3;/q;;;+1/p-1/b;;5-3+;. The Morgan fingerprint density at radius 1 is 1.07 bits per heavy atom. The van der Waals surface area contributed by atoms with Crippen molar-refractivity contribution in [2.45, 2.75) is 26.9 Å². The Hall–Kier alpha value is -3.80. The molecular weight excluding hydrogens is 537 g/mol. The number of nitriles is 1. The van der Waals surface area contributed by atoms with Gasteiger partial charge in [-0.25, -0.2) is 23.1 Å². The number of nitrogens with one attached hydrogen (secondary N) is 1. The van der Waals surface area contributed by atoms with Crippen molar-refractivity contribution in [1.29, 1.82) is 5.26 Å². The Morgan fingerprint density at radius 3 is 2.12 bits per heavy atom. The van der Waals surface area contributed by atoms with E-state index in [1.54, 1.807) is 50.2 Å². The van der Waals surface area contributed by atoms with E-state index in [0.29, 0.717) is 23.7 Å². The fourth-order valence-electron chi connectivity index (χ4n) is 2.72. The van der Waals surface area contributed by atoms with Crippen molar-refractivity contribution in [3.8, 4) is 6.07 Å². The summed E-state index contributed by atoms with van der Waals surface area (Å²) in [6, 6.07) is 15.7. The van der Waals surface area contributed by atoms with E-state index in [4.69, 9.17) is 21.6 Å². The van der Waals surface area contributed by atoms with E-state index in [-0.39, 0.29) is 72.5 Å². The second kappa shape index (κ2) is 20.2. The van der Waals surface area contributed by atoms with Gasteiger partial charge < -0.3 is 20.3 Å². The molecule has 0 saturated heterocycles. The van der Waals surface area contributed by atoms with Crippen molar-refractivity contribution in [2.24, 2.45) is 5.84 Å². The fourth-order valence-corrected chi connectivity index (χ4v) is 2.72. The summed E-state index contributed by atoms with van der Waals surface area (Å²) in [7, 11) is 0. The molecule has 0 aliphatic rings. The van der Waals surface area contributed by atoms with Crippen LogP contribution in [0.1, 0.15) is 35.5 Å². The number of nitrogens with zero attached hydrogens (tertiary/aromatic N) is 3. The molecule has 208 valence electrons. The molecule has 2 aromatic carbocycles. The third-order valence-electron chi connectivity index (χ3n) is 4.50. The molecule has 0 atom stereocenters. The van der Waals surface area contributed by atoms with Gasteiger partial charge in [0.2, 0.25) is 0 Å². The van der Waals surface area contributed by atoms with Crippen LogP contribution in [-0.2, 0) is 27.4 Å². The molecule has 11 nitrogen and oxygen atoms in total. The topological polar surface area (TPSA) is 181 Å². The van der Waals surface area contributed by atoms with Gasteiger partial charge in [0, 0.05) is 29.8 Å². The van der Waals surface area contributed by atoms with Gasteiger partial charge in [0.1, 0.15) is 17.5 Å². The molecule has 1 aromatic heterocycles. The van der Waals surface area contributed by atoms with Crippen LogP contribution in [0, 0.1) is 23.0 Å². The maximum atomic E-state index is 13.5. The smallest absolute Gasteiger partial charge is 0.867 e. The van der Waals surface area contributed by atoms with Crippen LogP contribution in [0.2, 0.25) is 0 Å². The van der Waals surface area contributed by atoms with Gasteiger partial charge in [-0.3, -0.25) is 11.3 Å². The minimum Gasteiger partial charge on any atom is -0.867 e. The van der Waals surface area contributed by atoms with Crippen LogP contribution in [0.5, 0.6) is 0 Å². The van der Waals surface area contributed by atoms with E-state index in [9.17, 15) is 23.5 Å². The van der Waals surface area contributed by atoms with Crippen molar-refractivity contribution >= 4 is 17.8 Å². The summed E-state index contributed by atoms with van der Waals surface area (Å²) in [6.07, 6.45) is 0.609. The Balaban J connectivity index is 0.000000618. The molecule has 0 radical (unpaired) electrons. The van der Waals surface area contributed by atoms with Crippen molar-refractivity contribution < 1.29 is 62.5 Å². The van der Waals surface area contributed by atoms with Crippen molar-refractivity contribution in [2.75, 3.05) is 18.9 Å². The van der Waals surface area contributed by atoms with Crippen LogP contribution in [0.4, 0.5) is 14.6 Å². The number of halogens is 2. The van der Waals surface area contributed by atoms with Gasteiger partial charge >= 0.3 is 41.5 Å². The van der Waals surface area contributed by atoms with E-state index in [1.807, 2.05) is 0 Å². The first-order valence-corrected chi connectivity index (χ1v) is 11.5. The zero-order valence-corrected chi connectivity index (χ0v) is 24.4. The van der Waals surface area contributed by atoms with E-state index in [2.05, 4.69) is 15.3 Å². The Labute approximate surface area is 252 Å². The number of carbonyl (C=O) groups excluding carboxylic acids is 2. The number of carbonyl (C=O) groups is 2. The van der Waals surface area contributed by atoms with Gasteiger partial charge in [-0.1, -0.05) is 36.4 Å². The first-order valence-electron chi connectivity index (χ1n) is 11.5. The number of hydrazine groups is 1. The number of hydrogen-bond donors (Lipinski definition) is 3. The van der Waals surface area contributed by atoms with Crippen molar-refractivity contribution in [3.05, 3.63) is 94.9 Å². The van der Waals surface area contributed by atoms with Crippen molar-refractivity contribution in [1.82, 2.24) is 15.2 Å². The summed E-state index contributed by atoms with van der Waals surface area (Å²) >= 11 is 0. The molecule has 3 aromatic rings. The summed E-state index contributed by atoms with van der Waals surface area (Å²) in [5, 5.41) is 22.3. The molecule has 1 heterocycles. The molecule has 0 spiro atoms. The summed E-state index contributed by atoms with van der Waals surface area (Å²) in [5.41, 5.74) is 9.29. The maximum Gasteiger partial charge on any atom is 1.00 e. The monoisotopic (exact) mass is 566 g/mol. The number of nitrogens with two attached hydrogens (primary N) is 2. The molecule has 5 N–H and O–H groups in total. The molecule has 14 heteroatoms. The number of esters is 2. The van der Waals surface area contributed by atoms with Crippen LogP contribution in [0.15, 0.2) is 66.4 Å². The number of rotatable bonds is 8. The van der Waals surface area contributed by atoms with Gasteiger partial charge in [-0.2, -0.15) is 10.4 Å². The Bertz CT molecular complexity index is 1300. The first-order chi connectivity index (χ1) is 18.7. The molecule has 0 aliphatic heterocycles. The number of allylic oxidation sites excluding steroid dienone is 1. The largest absolute Gasteiger partial charge is 1.00 e. The summed E-state index contributed by atoms with van der Waals surface area (Å²) in [6.45, 7) is 4.22. The number of aromatic nitrogens is 2. The Morgan fingerprint density at radius 2 is 1.62 bits per heavy atom. The second-order valence-corrected chi connectivity index (χ2v) is 7.25. The average molecular weight is 567 g/mol. The van der Waals surface area contributed by atoms with E-state index >= 15 is 0 Å². The number of ether oxygens (including phenoxy) is 2. The van der Waals surface area contributed by atoms with Crippen molar-refractivity contribution in [3.63, 3.8) is 0 Å². The average Bonchev–Trinajstić information content (AvgIpc) is 3.28. The summed E-state index contributed by atoms with van der Waals surface area (Å²) < 4.78 is 36.7. The minimum absolute atomic E-state index is 0. The molecule has 0 unspecified atom stereocenters. The molecule has 40 heavy (non-hydrogen) atoms. The molecule has 0 bridgehead atoms. The molecule has 3 rings (SSSR count). The maximum absolute atomic E-state index is 13.5. The molecular formula is C26H29F2N6NaO5. The van der Waals surface area contributed by atoms with E-state index < -0.39 is 17.7 Å². The van der Waals surface area contributed by atoms with Gasteiger partial charge in [0.05, 0.1) is 25.8 Å². The number of nitrogen functional groups attached to an aromatic ring is 1. The van der Waals surface area contributed by atoms with Gasteiger partial charge in [-0.15, -0.1) is 0 Å². The van der Waals surface area contributed by atoms with Crippen LogP contribution in [0.25, 0.3) is 0 Å². The first kappa shape index (κ1) is 36.2. The minimum atomic E-state index is -0.982. The van der Waals surface area contributed by atoms with Crippen LogP contribution >= 0.6 is 0 Å². The fraction of sp³-hybridized carbons (Fsp3) is 0.231. The Kier molecular flexibility index (Phi) is 18.2. The molecule has 0 saturated carbocycles. The van der Waals surface area contributed by atoms with E-state index in [1.165, 1.54) is 29.0 Å². The predicted molar refractivity (Wildman–Crippen MR) is 136 cm³/mol. The molecule has 0 aliphatic carbocycles. The van der Waals surface area contributed by atoms with Gasteiger partial charge in [0.15, 0.2) is 5.69 Å². The molecule has 0 fully saturated rings. The van der Waals surface area contributed by atoms with Gasteiger partial charge in [-0.05, 0) is 31.7 Å². The number of hydrogen-bond acceptors (Lipinski definition) is 10. The zero-order chi connectivity index (χ0) is 29.2. The predicted octanol–water partition coefficient (Wildman–Crippen LogP) is -1.06. The number of anilines is 1.